The molecule has 5 rings (SSSR count). The predicted octanol–water partition coefficient (Wildman–Crippen LogP) is 6.44. The van der Waals surface area contributed by atoms with Crippen LogP contribution in [0.1, 0.15) is 80.3 Å². The Hall–Kier alpha value is -3.45. The third-order valence-corrected chi connectivity index (χ3v) is 8.72. The molecule has 0 radical (unpaired) electrons. The van der Waals surface area contributed by atoms with Gasteiger partial charge in [0.15, 0.2) is 0 Å². The van der Waals surface area contributed by atoms with E-state index in [2.05, 4.69) is 39.5 Å². The minimum absolute atomic E-state index is 0.0138. The average Bonchev–Trinajstić information content (AvgIpc) is 3.57. The molecule has 2 aromatic heterocycles. The van der Waals surface area contributed by atoms with Gasteiger partial charge in [-0.3, -0.25) is 9.48 Å². The van der Waals surface area contributed by atoms with Gasteiger partial charge in [0.25, 0.3) is 5.91 Å². The molecule has 2 N–H and O–H groups in total. The summed E-state index contributed by atoms with van der Waals surface area (Å²) < 4.78 is 44.0. The van der Waals surface area contributed by atoms with Gasteiger partial charge in [-0.25, -0.2) is 0 Å². The van der Waals surface area contributed by atoms with Crippen LogP contribution in [0.2, 0.25) is 0 Å². The number of nitrogens with one attached hydrogen (secondary N) is 2. The average molecular weight is 597 g/mol. The van der Waals surface area contributed by atoms with Crippen molar-refractivity contribution < 1.29 is 18.0 Å². The molecule has 43 heavy (non-hydrogen) atoms. The molecule has 2 aliphatic rings. The molecule has 2 atom stereocenters. The molecule has 232 valence electrons. The van der Waals surface area contributed by atoms with Crippen molar-refractivity contribution in [3.05, 3.63) is 47.9 Å². The number of alkyl halides is 3. The second-order valence-electron chi connectivity index (χ2n) is 12.1. The topological polar surface area (TPSA) is 67.1 Å². The van der Waals surface area contributed by atoms with E-state index in [1.165, 1.54) is 49.3 Å². The third-order valence-electron chi connectivity index (χ3n) is 8.72. The Morgan fingerprint density at radius 1 is 1.02 bits per heavy atom. The van der Waals surface area contributed by atoms with Gasteiger partial charge in [0.2, 0.25) is 0 Å². The fourth-order valence-corrected chi connectivity index (χ4v) is 6.47. The first kappa shape index (κ1) is 31.0. The Bertz CT molecular complexity index is 1430. The number of carbonyl (C=O) groups is 1. The van der Waals surface area contributed by atoms with Crippen LogP contribution in [0, 0.1) is 17.8 Å². The first-order valence-corrected chi connectivity index (χ1v) is 15.7. The van der Waals surface area contributed by atoms with Crippen LogP contribution in [-0.4, -0.2) is 64.1 Å². The number of aryl methyl sites for hydroxylation is 1. The number of amides is 1. The van der Waals surface area contributed by atoms with Gasteiger partial charge in [-0.1, -0.05) is 56.9 Å². The summed E-state index contributed by atoms with van der Waals surface area (Å²) in [6.45, 7) is 1.65. The monoisotopic (exact) mass is 596 g/mol. The minimum atomic E-state index is -4.40. The summed E-state index contributed by atoms with van der Waals surface area (Å²) in [7, 11) is 2.17. The van der Waals surface area contributed by atoms with Crippen LogP contribution >= 0.6 is 0 Å². The summed E-state index contributed by atoms with van der Waals surface area (Å²) in [5.41, 5.74) is 2.06. The van der Waals surface area contributed by atoms with Gasteiger partial charge in [-0.15, -0.1) is 0 Å². The molecule has 1 amide bonds. The summed E-state index contributed by atoms with van der Waals surface area (Å²) in [5, 5.41) is 11.5. The fraction of sp³-hybridized carbons (Fsp3) is 0.576. The first-order chi connectivity index (χ1) is 20.8. The maximum atomic E-state index is 13.7. The number of rotatable bonds is 1. The lowest BCUT2D eigenvalue weighted by molar-refractivity contribution is -0.140. The van der Waals surface area contributed by atoms with E-state index in [1.807, 2.05) is 12.1 Å². The van der Waals surface area contributed by atoms with Crippen molar-refractivity contribution in [1.29, 1.82) is 0 Å². The molecular weight excluding hydrogens is 553 g/mol. The smallest absolute Gasteiger partial charge is 0.381 e. The normalized spacial score (nSPS) is 22.0. The number of halogens is 3. The van der Waals surface area contributed by atoms with E-state index in [4.69, 9.17) is 0 Å². The van der Waals surface area contributed by atoms with E-state index in [-0.39, 0.29) is 24.2 Å². The van der Waals surface area contributed by atoms with Gasteiger partial charge in [0.05, 0.1) is 29.5 Å². The van der Waals surface area contributed by atoms with Gasteiger partial charge < -0.3 is 20.1 Å². The lowest BCUT2D eigenvalue weighted by Gasteiger charge is -2.38. The largest absolute Gasteiger partial charge is 0.406 e. The molecule has 1 saturated heterocycles. The van der Waals surface area contributed by atoms with Gasteiger partial charge in [0.1, 0.15) is 6.54 Å². The molecule has 1 fully saturated rings. The zero-order chi connectivity index (χ0) is 30.2. The van der Waals surface area contributed by atoms with Gasteiger partial charge in [0, 0.05) is 36.4 Å². The number of aromatic nitrogens is 3. The van der Waals surface area contributed by atoms with E-state index >= 15 is 0 Å². The Balaban J connectivity index is 1.41. The van der Waals surface area contributed by atoms with Crippen LogP contribution in [0.4, 0.5) is 18.9 Å². The highest BCUT2D eigenvalue weighted by atomic mass is 19.4. The quantitative estimate of drug-likeness (QED) is 0.318. The van der Waals surface area contributed by atoms with E-state index in [0.717, 1.165) is 56.4 Å². The highest BCUT2D eigenvalue weighted by Crippen LogP contribution is 2.33. The van der Waals surface area contributed by atoms with Crippen molar-refractivity contribution in [1.82, 2.24) is 24.6 Å². The number of piperidine rings is 1. The number of anilines is 1. The van der Waals surface area contributed by atoms with Crippen LogP contribution in [0.15, 0.2) is 36.7 Å². The highest BCUT2D eigenvalue weighted by Gasteiger charge is 2.31. The van der Waals surface area contributed by atoms with Gasteiger partial charge >= 0.3 is 6.18 Å². The lowest BCUT2D eigenvalue weighted by atomic mass is 9.87. The van der Waals surface area contributed by atoms with Crippen LogP contribution < -0.4 is 10.6 Å². The third kappa shape index (κ3) is 8.56. The summed E-state index contributed by atoms with van der Waals surface area (Å²) >= 11 is 0. The zero-order valence-corrected chi connectivity index (χ0v) is 25.1. The van der Waals surface area contributed by atoms with Crippen LogP contribution in [0.5, 0.6) is 0 Å². The number of nitrogens with zero attached hydrogens (tertiary/aromatic N) is 4. The number of hydrogen-bond acceptors (Lipinski definition) is 4. The Morgan fingerprint density at radius 2 is 1.79 bits per heavy atom. The standard InChI is InChI=1S/C33H43F3N6O/c1-40-19-16-29-25(22-40)12-8-6-4-2-3-5-7-9-18-41-23-26(21-38-41)32(43)37-17-11-13-27-20-28-30(39-29)14-10-15-31(28)42(27)24-33(34,35)36/h10,14-15,20-21,23,25,29,39H,2-9,12,16-19,22,24H2,1H3,(H,37,43). The lowest BCUT2D eigenvalue weighted by Crippen LogP contribution is -2.44. The molecule has 0 spiro atoms. The van der Waals surface area contributed by atoms with E-state index in [9.17, 15) is 18.0 Å². The minimum Gasteiger partial charge on any atom is -0.381 e. The van der Waals surface area contributed by atoms with E-state index in [1.54, 1.807) is 23.0 Å². The molecule has 4 bridgehead atoms. The summed E-state index contributed by atoms with van der Waals surface area (Å²) in [5.74, 6) is 5.94. The van der Waals surface area contributed by atoms with Crippen molar-refractivity contribution in [2.75, 3.05) is 32.0 Å². The van der Waals surface area contributed by atoms with Gasteiger partial charge in [-0.2, -0.15) is 18.3 Å². The second kappa shape index (κ2) is 14.3. The Morgan fingerprint density at radius 3 is 2.58 bits per heavy atom. The molecule has 4 heterocycles. The van der Waals surface area contributed by atoms with Crippen molar-refractivity contribution in [2.24, 2.45) is 5.92 Å². The summed E-state index contributed by atoms with van der Waals surface area (Å²) in [6.07, 6.45) is 10.5. The fourth-order valence-electron chi connectivity index (χ4n) is 6.47. The SMILES string of the molecule is CN1CCC2Nc3cccc4c3cc(n4CC(F)(F)F)C#CCNC(=O)c3cnn(c3)CCCCCCCCCCC2C1. The van der Waals surface area contributed by atoms with E-state index in [0.29, 0.717) is 17.0 Å². The Labute approximate surface area is 252 Å². The molecule has 2 aliphatic heterocycles. The van der Waals surface area contributed by atoms with Crippen LogP contribution in [-0.2, 0) is 13.1 Å². The number of carbonyl (C=O) groups excluding carboxylic acids is 1. The number of benzene rings is 1. The molecule has 10 heteroatoms. The predicted molar refractivity (Wildman–Crippen MR) is 164 cm³/mol. The Kier molecular flexibility index (Phi) is 10.3. The van der Waals surface area contributed by atoms with Crippen molar-refractivity contribution in [2.45, 2.75) is 89.5 Å². The van der Waals surface area contributed by atoms with Crippen LogP contribution in [0.25, 0.3) is 10.9 Å². The maximum absolute atomic E-state index is 13.7. The molecule has 2 unspecified atom stereocenters. The van der Waals surface area contributed by atoms with E-state index < -0.39 is 12.7 Å². The number of hydrogen-bond donors (Lipinski definition) is 2. The first-order valence-electron chi connectivity index (χ1n) is 15.7. The molecule has 7 nitrogen and oxygen atoms in total. The molecule has 1 aromatic carbocycles. The molecular formula is C33H43F3N6O. The number of fused-ring (bicyclic) bond motifs is 4. The number of likely N-dealkylation sites (tertiary alicyclic amines) is 1. The molecule has 3 aromatic rings. The highest BCUT2D eigenvalue weighted by molar-refractivity contribution is 5.94. The molecule has 0 aliphatic carbocycles. The maximum Gasteiger partial charge on any atom is 0.406 e. The van der Waals surface area contributed by atoms with Crippen LogP contribution in [0.3, 0.4) is 0 Å². The van der Waals surface area contributed by atoms with Crippen molar-refractivity contribution >= 4 is 22.5 Å². The van der Waals surface area contributed by atoms with Crippen molar-refractivity contribution in [3.8, 4) is 11.8 Å². The second-order valence-corrected chi connectivity index (χ2v) is 12.1. The van der Waals surface area contributed by atoms with Gasteiger partial charge in [-0.05, 0) is 62.9 Å². The summed E-state index contributed by atoms with van der Waals surface area (Å²) in [6, 6.07) is 7.50. The molecule has 0 saturated carbocycles. The van der Waals surface area contributed by atoms with Crippen molar-refractivity contribution in [3.63, 3.8) is 0 Å². The summed E-state index contributed by atoms with van der Waals surface area (Å²) in [4.78, 5) is 15.0. The zero-order valence-electron chi connectivity index (χ0n) is 25.1.